The zero-order chi connectivity index (χ0) is 52.4. The van der Waals surface area contributed by atoms with E-state index in [9.17, 15) is 24.8 Å². The van der Waals surface area contributed by atoms with Crippen molar-refractivity contribution in [3.63, 3.8) is 0 Å². The molecule has 11 rings (SSSR count). The number of hydrogen-bond acceptors (Lipinski definition) is 15. The minimum absolute atomic E-state index is 0.0122. The number of amides is 1. The molecule has 2 saturated heterocycles. The van der Waals surface area contributed by atoms with Gasteiger partial charge in [0.05, 0.1) is 44.3 Å². The van der Waals surface area contributed by atoms with Crippen molar-refractivity contribution in [2.45, 2.75) is 78.4 Å². The number of aromatic nitrogens is 4. The lowest BCUT2D eigenvalue weighted by Crippen LogP contribution is -2.50. The van der Waals surface area contributed by atoms with Crippen LogP contribution in [-0.4, -0.2) is 105 Å². The molecule has 3 N–H and O–H groups in total. The number of nitrogens with zero attached hydrogens (tertiary/aromatic N) is 8. The van der Waals surface area contributed by atoms with Gasteiger partial charge in [-0.05, 0) is 87.3 Å². The molecule has 4 aliphatic rings. The standard InChI is InChI=1S/C52H46ClF2N9O7S.C2H6/c1-5-28-30-17-27(8-11-38(30)58-43-34(28)21-64-39(43)19-31-35(50(64)67)23-69-51(68)45(31)65)71-25(3)24(2)49(66)63-15-13-62(14-16-63)48-32-18-36(53)41(29-9-10-37(54)46-40(29)33(20-56)47(57)72-46)42(55)44(32)59-52(60-48)70-22-26-7-6-12-61(26)4;1-2/h8-11,17-19,25-26,45,65H,2,5-7,12-16,21-23,57H2,1,3-4H3;1-2H3. The first-order valence-electron chi connectivity index (χ1n) is 24.6. The van der Waals surface area contributed by atoms with E-state index in [4.69, 9.17) is 41.5 Å². The van der Waals surface area contributed by atoms with Crippen LogP contribution in [0.25, 0.3) is 54.4 Å². The van der Waals surface area contributed by atoms with E-state index < -0.39 is 29.8 Å². The fourth-order valence-electron chi connectivity index (χ4n) is 10.5. The summed E-state index contributed by atoms with van der Waals surface area (Å²) in [5.41, 5.74) is 10.2. The Labute approximate surface area is 433 Å². The largest absolute Gasteiger partial charge is 0.486 e. The molecule has 0 spiro atoms. The summed E-state index contributed by atoms with van der Waals surface area (Å²) in [7, 11) is 2.02. The molecule has 3 unspecified atom stereocenters. The summed E-state index contributed by atoms with van der Waals surface area (Å²) in [6.45, 7) is 14.3. The second-order valence-electron chi connectivity index (χ2n) is 18.5. The number of carbonyl (C=O) groups excluding carboxylic acids is 2. The lowest BCUT2D eigenvalue weighted by molar-refractivity contribution is -0.157. The summed E-state index contributed by atoms with van der Waals surface area (Å²) in [4.78, 5) is 60.0. The molecular formula is C54H52ClF2N9O7S. The molecule has 0 saturated carbocycles. The summed E-state index contributed by atoms with van der Waals surface area (Å²) in [5, 5.41) is 21.9. The van der Waals surface area contributed by atoms with Gasteiger partial charge in [-0.2, -0.15) is 15.2 Å². The molecule has 4 aromatic heterocycles. The van der Waals surface area contributed by atoms with Gasteiger partial charge in [0.15, 0.2) is 11.9 Å². The number of pyridine rings is 2. The molecule has 8 heterocycles. The maximum atomic E-state index is 17.2. The Bertz CT molecular complexity index is 3610. The molecule has 2 fully saturated rings. The highest BCUT2D eigenvalue weighted by Crippen LogP contribution is 2.46. The number of nitrogen functional groups attached to an aromatic ring is 1. The molecule has 20 heteroatoms. The van der Waals surface area contributed by atoms with Gasteiger partial charge in [-0.15, -0.1) is 11.3 Å². The third-order valence-electron chi connectivity index (χ3n) is 14.5. The Balaban J connectivity index is 0.00000309. The van der Waals surface area contributed by atoms with E-state index >= 15 is 8.78 Å². The zero-order valence-corrected chi connectivity index (χ0v) is 42.9. The number of anilines is 2. The number of benzene rings is 3. The predicted molar refractivity (Wildman–Crippen MR) is 280 cm³/mol. The van der Waals surface area contributed by atoms with E-state index in [1.165, 1.54) is 12.1 Å². The lowest BCUT2D eigenvalue weighted by atomic mass is 9.97. The zero-order valence-electron chi connectivity index (χ0n) is 41.4. The maximum Gasteiger partial charge on any atom is 0.340 e. The molecule has 0 radical (unpaired) electrons. The molecule has 16 nitrogen and oxygen atoms in total. The molecular weight excluding hydrogens is 992 g/mol. The van der Waals surface area contributed by atoms with Crippen LogP contribution in [-0.2, 0) is 33.9 Å². The first-order chi connectivity index (χ1) is 35.6. The third-order valence-corrected chi connectivity index (χ3v) is 15.8. The van der Waals surface area contributed by atoms with Crippen molar-refractivity contribution in [3.8, 4) is 40.3 Å². The molecule has 382 valence electrons. The number of hydrogen-bond donors (Lipinski definition) is 2. The molecule has 0 bridgehead atoms. The Morgan fingerprint density at radius 1 is 1.07 bits per heavy atom. The molecule has 7 aromatic rings. The average Bonchev–Trinajstić information content (AvgIpc) is 4.11. The van der Waals surface area contributed by atoms with Crippen molar-refractivity contribution < 1.29 is 37.7 Å². The van der Waals surface area contributed by atoms with Crippen LogP contribution in [0.4, 0.5) is 19.6 Å². The van der Waals surface area contributed by atoms with E-state index in [0.29, 0.717) is 53.4 Å². The first kappa shape index (κ1) is 50.3. The third kappa shape index (κ3) is 8.43. The number of rotatable bonds is 10. The number of aryl methyl sites for hydroxylation is 1. The van der Waals surface area contributed by atoms with E-state index in [-0.39, 0.29) is 115 Å². The number of ether oxygens (including phenoxy) is 3. The highest BCUT2D eigenvalue weighted by molar-refractivity contribution is 7.23. The fraction of sp³-hybridized carbons (Fsp3) is 0.352. The minimum Gasteiger partial charge on any atom is -0.486 e. The average molecular weight is 1040 g/mol. The van der Waals surface area contributed by atoms with E-state index in [1.807, 2.05) is 50.9 Å². The monoisotopic (exact) mass is 1040 g/mol. The smallest absolute Gasteiger partial charge is 0.340 e. The maximum absolute atomic E-state index is 17.2. The van der Waals surface area contributed by atoms with Gasteiger partial charge in [-0.3, -0.25) is 9.59 Å². The number of aliphatic hydroxyl groups is 1. The Hall–Kier alpha value is -7.24. The van der Waals surface area contributed by atoms with Crippen molar-refractivity contribution in [2.24, 2.45) is 0 Å². The highest BCUT2D eigenvalue weighted by Gasteiger charge is 2.36. The Kier molecular flexibility index (Phi) is 13.5. The number of fused-ring (bicyclic) bond motifs is 7. The van der Waals surface area contributed by atoms with E-state index in [0.717, 1.165) is 47.2 Å². The van der Waals surface area contributed by atoms with Gasteiger partial charge in [-0.1, -0.05) is 45.0 Å². The van der Waals surface area contributed by atoms with Crippen LogP contribution in [0, 0.1) is 23.0 Å². The molecule has 1 amide bonds. The molecule has 0 aliphatic carbocycles. The highest BCUT2D eigenvalue weighted by atomic mass is 35.5. The number of esters is 1. The van der Waals surface area contributed by atoms with Crippen LogP contribution in [0.2, 0.25) is 5.02 Å². The van der Waals surface area contributed by atoms with Crippen LogP contribution in [0.3, 0.4) is 0 Å². The Morgan fingerprint density at radius 2 is 1.84 bits per heavy atom. The first-order valence-corrected chi connectivity index (χ1v) is 25.8. The second-order valence-corrected chi connectivity index (χ2v) is 20.0. The van der Waals surface area contributed by atoms with E-state index in [1.54, 1.807) is 34.6 Å². The quantitative estimate of drug-likeness (QED) is 0.0976. The number of aliphatic hydroxyl groups excluding tert-OH is 1. The topological polar surface area (TPSA) is 202 Å². The van der Waals surface area contributed by atoms with Crippen molar-refractivity contribution >= 4 is 77.5 Å². The summed E-state index contributed by atoms with van der Waals surface area (Å²) in [5.74, 6) is -1.66. The van der Waals surface area contributed by atoms with Crippen molar-refractivity contribution in [2.75, 3.05) is 57.0 Å². The van der Waals surface area contributed by atoms with Gasteiger partial charge in [0, 0.05) is 70.6 Å². The number of nitriles is 1. The van der Waals surface area contributed by atoms with Gasteiger partial charge in [0.1, 0.15) is 53.3 Å². The number of likely N-dealkylation sites (N-methyl/N-ethyl adjacent to an activating group) is 1. The van der Waals surface area contributed by atoms with Crippen LogP contribution in [0.1, 0.15) is 74.5 Å². The van der Waals surface area contributed by atoms with Gasteiger partial charge in [-0.25, -0.2) is 18.6 Å². The van der Waals surface area contributed by atoms with Crippen molar-refractivity contribution in [1.29, 1.82) is 5.26 Å². The number of thiophene rings is 1. The number of nitrogens with two attached hydrogens (primary N) is 1. The minimum atomic E-state index is -1.55. The number of carbonyl (C=O) groups is 2. The number of cyclic esters (lactones) is 1. The van der Waals surface area contributed by atoms with Crippen molar-refractivity contribution in [3.05, 3.63) is 109 Å². The molecule has 3 aromatic carbocycles. The number of halogens is 3. The summed E-state index contributed by atoms with van der Waals surface area (Å²) in [6.07, 6.45) is 0.257. The van der Waals surface area contributed by atoms with Gasteiger partial charge >= 0.3 is 12.0 Å². The molecule has 74 heavy (non-hydrogen) atoms. The van der Waals surface area contributed by atoms with Crippen LogP contribution in [0.15, 0.2) is 59.4 Å². The van der Waals surface area contributed by atoms with Crippen LogP contribution < -0.4 is 25.7 Å². The van der Waals surface area contributed by atoms with Crippen LogP contribution in [0.5, 0.6) is 11.8 Å². The summed E-state index contributed by atoms with van der Waals surface area (Å²) >= 11 is 7.84. The number of piperazine rings is 1. The summed E-state index contributed by atoms with van der Waals surface area (Å²) < 4.78 is 51.6. The van der Waals surface area contributed by atoms with Crippen molar-refractivity contribution in [1.82, 2.24) is 29.3 Å². The van der Waals surface area contributed by atoms with Gasteiger partial charge < -0.3 is 44.3 Å². The normalized spacial score (nSPS) is 17.6. The predicted octanol–water partition coefficient (Wildman–Crippen LogP) is 8.46. The number of likely N-dealkylation sites (tertiary alicyclic amines) is 1. The SMILES string of the molecule is C=C(C(=O)N1CCN(c2nc(OCC3CCCN3C)nc3c(F)c(-c4ccc(F)c5sc(N)c(C#N)c45)c(Cl)cc23)CC1)C(C)Oc1ccc2nc3c(c(CC)c2c1)Cn1c-3cc2c(c1=O)COC(=O)C2O.CC. The van der Waals surface area contributed by atoms with Gasteiger partial charge in [0.25, 0.3) is 11.5 Å². The van der Waals surface area contributed by atoms with E-state index in [2.05, 4.69) is 16.5 Å². The molecule has 4 aliphatic heterocycles. The Morgan fingerprint density at radius 3 is 2.55 bits per heavy atom. The second kappa shape index (κ2) is 19.9. The summed E-state index contributed by atoms with van der Waals surface area (Å²) in [6, 6.07) is 13.4. The van der Waals surface area contributed by atoms with Crippen LogP contribution >= 0.6 is 22.9 Å². The lowest BCUT2D eigenvalue weighted by Gasteiger charge is -2.36. The molecule has 3 atom stereocenters. The fourth-order valence-corrected chi connectivity index (χ4v) is 11.8. The van der Waals surface area contributed by atoms with Gasteiger partial charge in [0.2, 0.25) is 0 Å².